The van der Waals surface area contributed by atoms with Crippen molar-refractivity contribution in [2.24, 2.45) is 0 Å². The van der Waals surface area contributed by atoms with Gasteiger partial charge < -0.3 is 9.63 Å². The number of phenols is 1. The summed E-state index contributed by atoms with van der Waals surface area (Å²) in [6.07, 6.45) is 1.08. The maximum Gasteiger partial charge on any atom is 0.169 e. The van der Waals surface area contributed by atoms with Crippen LogP contribution < -0.4 is 0 Å². The number of aryl methyl sites for hydroxylation is 1. The summed E-state index contributed by atoms with van der Waals surface area (Å²) < 4.78 is 5.10. The molecule has 0 spiro atoms. The van der Waals surface area contributed by atoms with Crippen LogP contribution in [0.3, 0.4) is 0 Å². The van der Waals surface area contributed by atoms with Gasteiger partial charge in [0.15, 0.2) is 5.78 Å². The minimum absolute atomic E-state index is 0.0366. The molecule has 16 heavy (non-hydrogen) atoms. The average molecular weight is 215 g/mol. The molecule has 1 aliphatic rings. The minimum Gasteiger partial charge on any atom is -0.507 e. The van der Waals surface area contributed by atoms with Crippen LogP contribution in [0.2, 0.25) is 0 Å². The van der Waals surface area contributed by atoms with E-state index in [1.54, 1.807) is 24.3 Å². The lowest BCUT2D eigenvalue weighted by atomic mass is 10.1. The summed E-state index contributed by atoms with van der Waals surface area (Å²) in [5.41, 5.74) is 1.53. The molecule has 3 rings (SSSR count). The van der Waals surface area contributed by atoms with Crippen LogP contribution in [0.5, 0.6) is 5.75 Å². The highest BCUT2D eigenvalue weighted by Gasteiger charge is 2.30. The maximum atomic E-state index is 11.7. The number of nitrogens with zero attached hydrogens (tertiary/aromatic N) is 1. The van der Waals surface area contributed by atoms with Gasteiger partial charge in [0.25, 0.3) is 0 Å². The van der Waals surface area contributed by atoms with Gasteiger partial charge in [0, 0.05) is 18.4 Å². The molecule has 0 amide bonds. The Labute approximate surface area is 91.5 Å². The predicted octanol–water partition coefficient (Wildman–Crippen LogP) is 2.18. The Bertz CT molecular complexity index is 571. The zero-order chi connectivity index (χ0) is 11.1. The topological polar surface area (TPSA) is 63.3 Å². The Kier molecular flexibility index (Phi) is 1.83. The quantitative estimate of drug-likeness (QED) is 0.791. The molecule has 4 nitrogen and oxygen atoms in total. The summed E-state index contributed by atoms with van der Waals surface area (Å²) in [6.45, 7) is 0. The first-order chi connectivity index (χ1) is 7.77. The van der Waals surface area contributed by atoms with Crippen LogP contribution in [0, 0.1) is 0 Å². The largest absolute Gasteiger partial charge is 0.507 e. The molecular weight excluding hydrogens is 206 g/mol. The van der Waals surface area contributed by atoms with Crippen LogP contribution in [0.4, 0.5) is 0 Å². The van der Waals surface area contributed by atoms with E-state index in [-0.39, 0.29) is 11.5 Å². The zero-order valence-corrected chi connectivity index (χ0v) is 8.43. The molecular formula is C12H9NO3. The van der Waals surface area contributed by atoms with E-state index in [9.17, 15) is 9.90 Å². The number of hydrogen-bond donors (Lipinski definition) is 1. The molecule has 0 aliphatic heterocycles. The second kappa shape index (κ2) is 3.20. The Morgan fingerprint density at radius 3 is 2.88 bits per heavy atom. The molecule has 0 atom stereocenters. The molecule has 1 aliphatic carbocycles. The molecule has 0 saturated heterocycles. The maximum absolute atomic E-state index is 11.7. The molecule has 0 unspecified atom stereocenters. The second-order valence-electron chi connectivity index (χ2n) is 3.77. The van der Waals surface area contributed by atoms with Crippen LogP contribution in [-0.4, -0.2) is 16.0 Å². The normalized spacial score (nSPS) is 14.1. The van der Waals surface area contributed by atoms with E-state index < -0.39 is 0 Å². The van der Waals surface area contributed by atoms with Crippen LogP contribution in [0.1, 0.15) is 22.5 Å². The van der Waals surface area contributed by atoms with Crippen molar-refractivity contribution in [3.8, 4) is 17.0 Å². The fraction of sp³-hybridized carbons (Fsp3) is 0.167. The van der Waals surface area contributed by atoms with Crippen molar-refractivity contribution < 1.29 is 14.4 Å². The van der Waals surface area contributed by atoms with E-state index >= 15 is 0 Å². The van der Waals surface area contributed by atoms with Crippen molar-refractivity contribution in [3.05, 3.63) is 35.6 Å². The highest BCUT2D eigenvalue weighted by atomic mass is 16.5. The number of carbonyl (C=O) groups is 1. The SMILES string of the molecule is O=C1CCc2onc(-c3ccccc3O)c21. The molecule has 0 saturated carbocycles. The van der Waals surface area contributed by atoms with Gasteiger partial charge in [0.2, 0.25) is 0 Å². The third-order valence-electron chi connectivity index (χ3n) is 2.78. The molecule has 0 fully saturated rings. The first kappa shape index (κ1) is 9.15. The number of hydrogen-bond acceptors (Lipinski definition) is 4. The molecule has 1 heterocycles. The smallest absolute Gasteiger partial charge is 0.169 e. The highest BCUT2D eigenvalue weighted by Crippen LogP contribution is 2.35. The van der Waals surface area contributed by atoms with Gasteiger partial charge in [-0.05, 0) is 12.1 Å². The number of ketones is 1. The van der Waals surface area contributed by atoms with Crippen LogP contribution in [0.25, 0.3) is 11.3 Å². The molecule has 0 bridgehead atoms. The van der Waals surface area contributed by atoms with Gasteiger partial charge in [-0.25, -0.2) is 0 Å². The molecule has 80 valence electrons. The number of carbonyl (C=O) groups excluding carboxylic acids is 1. The number of phenolic OH excluding ortho intramolecular Hbond substituents is 1. The van der Waals surface area contributed by atoms with E-state index in [1.807, 2.05) is 0 Å². The summed E-state index contributed by atoms with van der Waals surface area (Å²) in [4.78, 5) is 11.7. The van der Waals surface area contributed by atoms with E-state index in [2.05, 4.69) is 5.16 Å². The fourth-order valence-corrected chi connectivity index (χ4v) is 1.99. The number of para-hydroxylation sites is 1. The van der Waals surface area contributed by atoms with Crippen molar-refractivity contribution in [1.82, 2.24) is 5.16 Å². The van der Waals surface area contributed by atoms with Gasteiger partial charge in [-0.1, -0.05) is 17.3 Å². The van der Waals surface area contributed by atoms with Gasteiger partial charge in [-0.15, -0.1) is 0 Å². The van der Waals surface area contributed by atoms with Crippen molar-refractivity contribution in [2.75, 3.05) is 0 Å². The number of benzene rings is 1. The Morgan fingerprint density at radius 2 is 2.06 bits per heavy atom. The standard InChI is InChI=1S/C12H9NO3/c14-8-4-2-1-3-7(8)12-11-9(15)5-6-10(11)16-13-12/h1-4,14H,5-6H2. The molecule has 1 N–H and O–H groups in total. The molecule has 2 aromatic rings. The second-order valence-corrected chi connectivity index (χ2v) is 3.77. The number of aromatic nitrogens is 1. The lowest BCUT2D eigenvalue weighted by Crippen LogP contribution is -1.93. The average Bonchev–Trinajstić information content (AvgIpc) is 2.83. The van der Waals surface area contributed by atoms with E-state index in [0.29, 0.717) is 35.4 Å². The lowest BCUT2D eigenvalue weighted by molar-refractivity contribution is 0.0995. The first-order valence-corrected chi connectivity index (χ1v) is 5.07. The van der Waals surface area contributed by atoms with Crippen molar-refractivity contribution in [2.45, 2.75) is 12.8 Å². The van der Waals surface area contributed by atoms with Crippen LogP contribution >= 0.6 is 0 Å². The fourth-order valence-electron chi connectivity index (χ4n) is 1.99. The zero-order valence-electron chi connectivity index (χ0n) is 8.43. The summed E-state index contributed by atoms with van der Waals surface area (Å²) >= 11 is 0. The third-order valence-corrected chi connectivity index (χ3v) is 2.78. The lowest BCUT2D eigenvalue weighted by Gasteiger charge is -2.00. The first-order valence-electron chi connectivity index (χ1n) is 5.07. The molecule has 4 heteroatoms. The molecule has 1 aromatic carbocycles. The summed E-state index contributed by atoms with van der Waals surface area (Å²) in [7, 11) is 0. The number of Topliss-reactive ketones (excluding diaryl/α,β-unsaturated/α-hetero) is 1. The van der Waals surface area contributed by atoms with Crippen molar-refractivity contribution in [1.29, 1.82) is 0 Å². The summed E-state index contributed by atoms with van der Waals surface area (Å²) in [5.74, 6) is 0.774. The third kappa shape index (κ3) is 1.16. The highest BCUT2D eigenvalue weighted by molar-refractivity contribution is 6.05. The van der Waals surface area contributed by atoms with Crippen LogP contribution in [0.15, 0.2) is 28.8 Å². The Hall–Kier alpha value is -2.10. The number of fused-ring (bicyclic) bond motifs is 1. The van der Waals surface area contributed by atoms with E-state index in [4.69, 9.17) is 4.52 Å². The molecule has 1 aromatic heterocycles. The summed E-state index contributed by atoms with van der Waals surface area (Å²) in [5, 5.41) is 13.6. The van der Waals surface area contributed by atoms with Crippen molar-refractivity contribution in [3.63, 3.8) is 0 Å². The number of rotatable bonds is 1. The Morgan fingerprint density at radius 1 is 1.25 bits per heavy atom. The predicted molar refractivity (Wildman–Crippen MR) is 56.3 cm³/mol. The monoisotopic (exact) mass is 215 g/mol. The minimum atomic E-state index is 0.0366. The van der Waals surface area contributed by atoms with Gasteiger partial charge in [0.05, 0.1) is 5.56 Å². The summed E-state index contributed by atoms with van der Waals surface area (Å²) in [6, 6.07) is 6.80. The van der Waals surface area contributed by atoms with E-state index in [1.165, 1.54) is 0 Å². The van der Waals surface area contributed by atoms with E-state index in [0.717, 1.165) is 0 Å². The van der Waals surface area contributed by atoms with Gasteiger partial charge in [-0.2, -0.15) is 0 Å². The van der Waals surface area contributed by atoms with Crippen LogP contribution in [-0.2, 0) is 6.42 Å². The number of aromatic hydroxyl groups is 1. The van der Waals surface area contributed by atoms with Gasteiger partial charge in [0.1, 0.15) is 17.2 Å². The van der Waals surface area contributed by atoms with Gasteiger partial charge >= 0.3 is 0 Å². The van der Waals surface area contributed by atoms with Crippen molar-refractivity contribution >= 4 is 5.78 Å². The van der Waals surface area contributed by atoms with Gasteiger partial charge in [-0.3, -0.25) is 4.79 Å². The molecule has 0 radical (unpaired) electrons. The Balaban J connectivity index is 2.22.